The van der Waals surface area contributed by atoms with Crippen LogP contribution >= 0.6 is 12.4 Å². The Morgan fingerprint density at radius 3 is 2.57 bits per heavy atom. The minimum atomic E-state index is -0.279. The number of nitrogens with one attached hydrogen (secondary N) is 2. The molecule has 2 rings (SSSR count). The molecule has 0 aromatic heterocycles. The summed E-state index contributed by atoms with van der Waals surface area (Å²) >= 11 is 0. The Kier molecular flexibility index (Phi) is 8.81. The molecule has 0 unspecified atom stereocenters. The summed E-state index contributed by atoms with van der Waals surface area (Å²) in [6.45, 7) is 1.30. The molecule has 6 heteroatoms. The fraction of sp³-hybridized carbons (Fsp3) is 0.588. The first-order valence-corrected chi connectivity index (χ1v) is 8.09. The lowest BCUT2D eigenvalue weighted by atomic mass is 10.1. The molecule has 5 nitrogen and oxygen atoms in total. The second kappa shape index (κ2) is 10.3. The summed E-state index contributed by atoms with van der Waals surface area (Å²) in [5, 5.41) is 16.1. The van der Waals surface area contributed by atoms with Crippen molar-refractivity contribution in [3.05, 3.63) is 23.8 Å². The molecule has 0 aliphatic heterocycles. The largest absolute Gasteiger partial charge is 0.507 e. The quantitative estimate of drug-likeness (QED) is 0.549. The van der Waals surface area contributed by atoms with Crippen molar-refractivity contribution in [2.45, 2.75) is 44.6 Å². The van der Waals surface area contributed by atoms with Gasteiger partial charge in [0.05, 0.1) is 12.7 Å². The van der Waals surface area contributed by atoms with Gasteiger partial charge >= 0.3 is 0 Å². The minimum absolute atomic E-state index is 0. The standard InChI is InChI=1S/C17H26N2O3.ClH/c1-22-14-8-9-16(20)15(12-14)17(21)19-11-10-18-13-6-4-2-3-5-7-13;/h8-9,12-13,18,20H,2-7,10-11H2,1H3,(H,19,21);1H. The molecule has 0 radical (unpaired) electrons. The maximum atomic E-state index is 12.1. The fourth-order valence-electron chi connectivity index (χ4n) is 2.86. The highest BCUT2D eigenvalue weighted by Crippen LogP contribution is 2.22. The molecule has 1 amide bonds. The molecule has 0 atom stereocenters. The highest BCUT2D eigenvalue weighted by atomic mass is 35.5. The first-order valence-electron chi connectivity index (χ1n) is 8.09. The van der Waals surface area contributed by atoms with Gasteiger partial charge in [-0.3, -0.25) is 4.79 Å². The zero-order valence-electron chi connectivity index (χ0n) is 13.6. The van der Waals surface area contributed by atoms with Crippen LogP contribution in [0.15, 0.2) is 18.2 Å². The molecule has 3 N–H and O–H groups in total. The van der Waals surface area contributed by atoms with Gasteiger partial charge in [-0.2, -0.15) is 0 Å². The number of hydrogen-bond donors (Lipinski definition) is 3. The minimum Gasteiger partial charge on any atom is -0.507 e. The Morgan fingerprint density at radius 2 is 1.91 bits per heavy atom. The second-order valence-electron chi connectivity index (χ2n) is 5.78. The number of halogens is 1. The van der Waals surface area contributed by atoms with Crippen LogP contribution < -0.4 is 15.4 Å². The van der Waals surface area contributed by atoms with Gasteiger partial charge < -0.3 is 20.5 Å². The number of aromatic hydroxyl groups is 1. The lowest BCUT2D eigenvalue weighted by Crippen LogP contribution is -2.36. The van der Waals surface area contributed by atoms with Crippen molar-refractivity contribution < 1.29 is 14.6 Å². The van der Waals surface area contributed by atoms with Crippen molar-refractivity contribution >= 4 is 18.3 Å². The topological polar surface area (TPSA) is 70.6 Å². The Morgan fingerprint density at radius 1 is 1.22 bits per heavy atom. The lowest BCUT2D eigenvalue weighted by Gasteiger charge is -2.16. The van der Waals surface area contributed by atoms with E-state index in [-0.39, 0.29) is 29.6 Å². The summed E-state index contributed by atoms with van der Waals surface area (Å²) in [7, 11) is 1.53. The van der Waals surface area contributed by atoms with E-state index < -0.39 is 0 Å². The van der Waals surface area contributed by atoms with Crippen LogP contribution in [0, 0.1) is 0 Å². The van der Waals surface area contributed by atoms with Crippen LogP contribution in [0.3, 0.4) is 0 Å². The van der Waals surface area contributed by atoms with Crippen LogP contribution in [0.1, 0.15) is 48.9 Å². The van der Waals surface area contributed by atoms with Crippen molar-refractivity contribution in [3.63, 3.8) is 0 Å². The Hall–Kier alpha value is -1.46. The first kappa shape index (κ1) is 19.6. The van der Waals surface area contributed by atoms with Gasteiger partial charge in [-0.1, -0.05) is 25.7 Å². The van der Waals surface area contributed by atoms with Gasteiger partial charge in [-0.25, -0.2) is 0 Å². The first-order chi connectivity index (χ1) is 10.7. The van der Waals surface area contributed by atoms with E-state index in [9.17, 15) is 9.90 Å². The molecule has 1 aromatic carbocycles. The normalized spacial score (nSPS) is 15.3. The average Bonchev–Trinajstić information content (AvgIpc) is 2.80. The van der Waals surface area contributed by atoms with Crippen LogP contribution in [0.5, 0.6) is 11.5 Å². The highest BCUT2D eigenvalue weighted by molar-refractivity contribution is 5.97. The summed E-state index contributed by atoms with van der Waals surface area (Å²) in [6, 6.07) is 5.21. The molecule has 23 heavy (non-hydrogen) atoms. The molecular formula is C17H27ClN2O3. The number of amides is 1. The number of hydrogen-bond acceptors (Lipinski definition) is 4. The summed E-state index contributed by atoms with van der Waals surface area (Å²) < 4.78 is 5.07. The third-order valence-electron chi connectivity index (χ3n) is 4.15. The van der Waals surface area contributed by atoms with Crippen molar-refractivity contribution in [1.82, 2.24) is 10.6 Å². The predicted octanol–water partition coefficient (Wildman–Crippen LogP) is 2.86. The van der Waals surface area contributed by atoms with Gasteiger partial charge in [0.2, 0.25) is 0 Å². The smallest absolute Gasteiger partial charge is 0.255 e. The van der Waals surface area contributed by atoms with E-state index in [1.165, 1.54) is 51.7 Å². The van der Waals surface area contributed by atoms with Crippen molar-refractivity contribution in [1.29, 1.82) is 0 Å². The van der Waals surface area contributed by atoms with E-state index in [1.807, 2.05) is 0 Å². The van der Waals surface area contributed by atoms with E-state index in [2.05, 4.69) is 10.6 Å². The van der Waals surface area contributed by atoms with Gasteiger partial charge in [-0.15, -0.1) is 12.4 Å². The maximum absolute atomic E-state index is 12.1. The van der Waals surface area contributed by atoms with Gasteiger partial charge in [0, 0.05) is 19.1 Å². The lowest BCUT2D eigenvalue weighted by molar-refractivity contribution is 0.0950. The number of rotatable bonds is 6. The Bertz CT molecular complexity index is 489. The molecule has 0 heterocycles. The SMILES string of the molecule is COc1ccc(O)c(C(=O)NCCNC2CCCCCC2)c1.Cl. The molecular weight excluding hydrogens is 316 g/mol. The maximum Gasteiger partial charge on any atom is 0.255 e. The zero-order valence-corrected chi connectivity index (χ0v) is 14.5. The summed E-state index contributed by atoms with van der Waals surface area (Å²) in [6.07, 6.45) is 7.71. The summed E-state index contributed by atoms with van der Waals surface area (Å²) in [5.41, 5.74) is 0.244. The van der Waals surface area contributed by atoms with Crippen LogP contribution in [-0.2, 0) is 0 Å². The average molecular weight is 343 g/mol. The molecule has 0 spiro atoms. The van der Waals surface area contributed by atoms with Crippen molar-refractivity contribution in [2.75, 3.05) is 20.2 Å². The molecule has 130 valence electrons. The van der Waals surface area contributed by atoms with E-state index in [4.69, 9.17) is 4.74 Å². The van der Waals surface area contributed by atoms with Crippen molar-refractivity contribution in [2.24, 2.45) is 0 Å². The van der Waals surface area contributed by atoms with Gasteiger partial charge in [0.15, 0.2) is 0 Å². The molecule has 1 fully saturated rings. The summed E-state index contributed by atoms with van der Waals surface area (Å²) in [4.78, 5) is 12.1. The number of methoxy groups -OCH3 is 1. The molecule has 1 aromatic rings. The summed E-state index contributed by atoms with van der Waals surface area (Å²) in [5.74, 6) is 0.244. The number of phenols is 1. The number of carbonyl (C=O) groups is 1. The molecule has 1 saturated carbocycles. The molecule has 1 aliphatic carbocycles. The fourth-order valence-corrected chi connectivity index (χ4v) is 2.86. The number of benzene rings is 1. The van der Waals surface area contributed by atoms with Crippen LogP contribution in [0.2, 0.25) is 0 Å². The third kappa shape index (κ3) is 6.28. The van der Waals surface area contributed by atoms with Crippen LogP contribution in [0.4, 0.5) is 0 Å². The monoisotopic (exact) mass is 342 g/mol. The van der Waals surface area contributed by atoms with Crippen LogP contribution in [-0.4, -0.2) is 37.3 Å². The predicted molar refractivity (Wildman–Crippen MR) is 93.7 cm³/mol. The van der Waals surface area contributed by atoms with Gasteiger partial charge in [-0.05, 0) is 31.0 Å². The van der Waals surface area contributed by atoms with Gasteiger partial charge in [0.25, 0.3) is 5.91 Å². The zero-order chi connectivity index (χ0) is 15.8. The number of phenolic OH excluding ortho intramolecular Hbond substituents is 1. The Balaban J connectivity index is 0.00000264. The molecule has 0 bridgehead atoms. The molecule has 0 saturated heterocycles. The van der Waals surface area contributed by atoms with Crippen molar-refractivity contribution in [3.8, 4) is 11.5 Å². The van der Waals surface area contributed by atoms with E-state index in [0.717, 1.165) is 6.54 Å². The second-order valence-corrected chi connectivity index (χ2v) is 5.78. The van der Waals surface area contributed by atoms with E-state index in [0.29, 0.717) is 18.3 Å². The Labute approximate surface area is 144 Å². The van der Waals surface area contributed by atoms with E-state index >= 15 is 0 Å². The third-order valence-corrected chi connectivity index (χ3v) is 4.15. The van der Waals surface area contributed by atoms with Crippen LogP contribution in [0.25, 0.3) is 0 Å². The number of ether oxygens (including phenoxy) is 1. The number of carbonyl (C=O) groups excluding carboxylic acids is 1. The molecule has 1 aliphatic rings. The van der Waals surface area contributed by atoms with Gasteiger partial charge in [0.1, 0.15) is 11.5 Å². The highest BCUT2D eigenvalue weighted by Gasteiger charge is 2.13. The van der Waals surface area contributed by atoms with E-state index in [1.54, 1.807) is 12.1 Å².